The van der Waals surface area contributed by atoms with Crippen LogP contribution in [0.5, 0.6) is 11.5 Å². The number of anilines is 1. The number of sulfonamides is 1. The summed E-state index contributed by atoms with van der Waals surface area (Å²) < 4.78 is 40.6. The first-order valence-corrected chi connectivity index (χ1v) is 17.6. The molecule has 1 N–H and O–H groups in total. The fraction of sp³-hybridized carbons (Fsp3) is 0.364. The van der Waals surface area contributed by atoms with Crippen LogP contribution in [0.1, 0.15) is 37.3 Å². The van der Waals surface area contributed by atoms with E-state index in [0.29, 0.717) is 40.7 Å². The number of fused-ring (bicyclic) bond motifs is 1. The van der Waals surface area contributed by atoms with Crippen molar-refractivity contribution in [2.75, 3.05) is 38.0 Å². The predicted molar refractivity (Wildman–Crippen MR) is 178 cm³/mol. The van der Waals surface area contributed by atoms with Crippen LogP contribution in [-0.4, -0.2) is 57.8 Å². The number of nitrogens with one attached hydrogen (secondary N) is 1. The van der Waals surface area contributed by atoms with Gasteiger partial charge in [0.05, 0.1) is 20.0 Å². The first-order valence-electron chi connectivity index (χ1n) is 14.7. The molecule has 1 unspecified atom stereocenters. The maximum absolute atomic E-state index is 14.4. The molecule has 1 amide bonds. The van der Waals surface area contributed by atoms with Gasteiger partial charge in [-0.2, -0.15) is 0 Å². The van der Waals surface area contributed by atoms with Crippen molar-refractivity contribution in [3.63, 3.8) is 0 Å². The van der Waals surface area contributed by atoms with Gasteiger partial charge in [-0.1, -0.05) is 42.8 Å². The molecule has 1 aromatic heterocycles. The van der Waals surface area contributed by atoms with Gasteiger partial charge in [0, 0.05) is 53.2 Å². The fourth-order valence-electron chi connectivity index (χ4n) is 5.82. The molecule has 5 rings (SSSR count). The minimum atomic E-state index is -3.63. The van der Waals surface area contributed by atoms with E-state index in [1.807, 2.05) is 24.3 Å². The van der Waals surface area contributed by atoms with Gasteiger partial charge < -0.3 is 14.4 Å². The van der Waals surface area contributed by atoms with Crippen LogP contribution in [0.25, 0.3) is 10.1 Å². The number of carbonyl (C=O) groups excluding carboxylic acids is 1. The van der Waals surface area contributed by atoms with Crippen molar-refractivity contribution in [3.05, 3.63) is 88.3 Å². The van der Waals surface area contributed by atoms with E-state index < -0.39 is 15.6 Å². The molecule has 4 aromatic rings. The summed E-state index contributed by atoms with van der Waals surface area (Å²) in [7, 11) is -0.542. The molecule has 11 heteroatoms. The lowest BCUT2D eigenvalue weighted by Crippen LogP contribution is -2.67. The number of halogens is 1. The third-order valence-electron chi connectivity index (χ3n) is 8.46. The molecule has 0 aliphatic carbocycles. The van der Waals surface area contributed by atoms with Gasteiger partial charge in [0.25, 0.3) is 0 Å². The lowest BCUT2D eigenvalue weighted by molar-refractivity contribution is -0.141. The van der Waals surface area contributed by atoms with E-state index in [4.69, 9.17) is 21.1 Å². The van der Waals surface area contributed by atoms with Gasteiger partial charge in [0.1, 0.15) is 17.0 Å². The van der Waals surface area contributed by atoms with E-state index in [0.717, 1.165) is 13.0 Å². The quantitative estimate of drug-likeness (QED) is 0.168. The molecule has 1 fully saturated rings. The average Bonchev–Trinajstić information content (AvgIpc) is 3.44. The molecule has 8 nitrogen and oxygen atoms in total. The van der Waals surface area contributed by atoms with Crippen LogP contribution in [0, 0.1) is 0 Å². The number of likely N-dealkylation sites (tertiary alicyclic amines) is 1. The van der Waals surface area contributed by atoms with E-state index in [9.17, 15) is 13.2 Å². The summed E-state index contributed by atoms with van der Waals surface area (Å²) in [4.78, 5) is 18.4. The van der Waals surface area contributed by atoms with Gasteiger partial charge in [-0.15, -0.1) is 11.3 Å². The zero-order valence-electron chi connectivity index (χ0n) is 25.2. The topological polar surface area (TPSA) is 88.2 Å². The number of ether oxygens (including phenoxy) is 2. The largest absolute Gasteiger partial charge is 0.497 e. The molecule has 0 spiro atoms. The highest BCUT2D eigenvalue weighted by Crippen LogP contribution is 2.40. The first kappa shape index (κ1) is 32.2. The summed E-state index contributed by atoms with van der Waals surface area (Å²) >= 11 is 7.90. The number of hydrogen-bond donors (Lipinski definition) is 1. The Morgan fingerprint density at radius 2 is 1.84 bits per heavy atom. The molecule has 0 bridgehead atoms. The molecule has 0 saturated carbocycles. The second-order valence-corrected chi connectivity index (χ2v) is 14.2. The monoisotopic (exact) mass is 655 g/mol. The summed E-state index contributed by atoms with van der Waals surface area (Å²) in [5.41, 5.74) is 1.96. The smallest absolute Gasteiger partial charge is 0.247 e. The maximum Gasteiger partial charge on any atom is 0.247 e. The number of rotatable bonds is 14. The second kappa shape index (κ2) is 13.9. The summed E-state index contributed by atoms with van der Waals surface area (Å²) in [6, 6.07) is 20.7. The van der Waals surface area contributed by atoms with Gasteiger partial charge >= 0.3 is 0 Å². The first-order chi connectivity index (χ1) is 21.2. The molecule has 0 radical (unpaired) electrons. The zero-order chi connectivity index (χ0) is 31.3. The predicted octanol–water partition coefficient (Wildman–Crippen LogP) is 6.47. The number of hydrogen-bond acceptors (Lipinski definition) is 7. The van der Waals surface area contributed by atoms with Crippen LogP contribution >= 0.6 is 22.9 Å². The molecule has 1 atom stereocenters. The Kier molecular flexibility index (Phi) is 10.2. The number of carbonyl (C=O) groups is 1. The molecule has 1 aliphatic rings. The molecular formula is C33H38ClN3O5S2. The van der Waals surface area contributed by atoms with Crippen molar-refractivity contribution in [2.24, 2.45) is 0 Å². The summed E-state index contributed by atoms with van der Waals surface area (Å²) in [6.07, 6.45) is 1.66. The Morgan fingerprint density at radius 1 is 1.07 bits per heavy atom. The van der Waals surface area contributed by atoms with E-state index >= 15 is 0 Å². The Morgan fingerprint density at radius 3 is 2.52 bits per heavy atom. The lowest BCUT2D eigenvalue weighted by atomic mass is 9.80. The molecular weight excluding hydrogens is 618 g/mol. The van der Waals surface area contributed by atoms with Crippen molar-refractivity contribution in [1.29, 1.82) is 0 Å². The van der Waals surface area contributed by atoms with Crippen molar-refractivity contribution in [3.8, 4) is 11.5 Å². The lowest BCUT2D eigenvalue weighted by Gasteiger charge is -2.53. The van der Waals surface area contributed by atoms with E-state index in [2.05, 4.69) is 34.1 Å². The summed E-state index contributed by atoms with van der Waals surface area (Å²) in [5.74, 6) is 1.02. The summed E-state index contributed by atoms with van der Waals surface area (Å²) in [5, 5.41) is 3.98. The van der Waals surface area contributed by atoms with Crippen molar-refractivity contribution in [1.82, 2.24) is 9.62 Å². The summed E-state index contributed by atoms with van der Waals surface area (Å²) in [6.45, 7) is 3.90. The fourth-order valence-corrected chi connectivity index (χ4v) is 7.92. The van der Waals surface area contributed by atoms with E-state index in [1.165, 1.54) is 22.8 Å². The van der Waals surface area contributed by atoms with Gasteiger partial charge in [0.2, 0.25) is 15.9 Å². The highest BCUT2D eigenvalue weighted by Gasteiger charge is 2.51. The van der Waals surface area contributed by atoms with Crippen molar-refractivity contribution in [2.45, 2.75) is 44.8 Å². The van der Waals surface area contributed by atoms with Crippen LogP contribution in [0.2, 0.25) is 5.02 Å². The normalized spacial score (nSPS) is 16.9. The standard InChI is InChI=1S/C33H38ClN3O5S2/c1-4-33(16-18-36(33)22-25-23-43-31-9-6-5-8-29(25)31)32(38)37(27-13-11-26(34)12-14-27)17-7-19-44(39,40)35-21-24-10-15-28(41-2)20-30(24)42-3/h5-6,8-15,20,23,35H,4,7,16-19,21-22H2,1-3H3. The molecule has 2 heterocycles. The highest BCUT2D eigenvalue weighted by molar-refractivity contribution is 7.89. The van der Waals surface area contributed by atoms with Crippen molar-refractivity contribution < 1.29 is 22.7 Å². The van der Waals surface area contributed by atoms with Crippen molar-refractivity contribution >= 4 is 54.6 Å². The van der Waals surface area contributed by atoms with Crippen LogP contribution in [0.15, 0.2) is 72.1 Å². The van der Waals surface area contributed by atoms with Gasteiger partial charge in [-0.25, -0.2) is 13.1 Å². The number of methoxy groups -OCH3 is 2. The van der Waals surface area contributed by atoms with Gasteiger partial charge in [-0.05, 0) is 72.0 Å². The average molecular weight is 656 g/mol. The van der Waals surface area contributed by atoms with E-state index in [1.54, 1.807) is 53.7 Å². The Balaban J connectivity index is 1.29. The second-order valence-electron chi connectivity index (χ2n) is 10.9. The highest BCUT2D eigenvalue weighted by atomic mass is 35.5. The molecule has 3 aromatic carbocycles. The van der Waals surface area contributed by atoms with Gasteiger partial charge in [0.15, 0.2) is 0 Å². The Bertz CT molecular complexity index is 1710. The molecule has 1 aliphatic heterocycles. The van der Waals surface area contributed by atoms with Crippen LogP contribution in [0.4, 0.5) is 5.69 Å². The minimum Gasteiger partial charge on any atom is -0.497 e. The molecule has 44 heavy (non-hydrogen) atoms. The van der Waals surface area contributed by atoms with Crippen LogP contribution in [-0.2, 0) is 27.9 Å². The SMILES string of the molecule is CCC1(C(=O)N(CCCS(=O)(=O)NCc2ccc(OC)cc2OC)c2ccc(Cl)cc2)CCN1Cc1csc2ccccc12. The maximum atomic E-state index is 14.4. The van der Waals surface area contributed by atoms with Crippen LogP contribution in [0.3, 0.4) is 0 Å². The van der Waals surface area contributed by atoms with Gasteiger partial charge in [-0.3, -0.25) is 9.69 Å². The number of benzene rings is 3. The third-order valence-corrected chi connectivity index (χ3v) is 11.1. The zero-order valence-corrected chi connectivity index (χ0v) is 27.6. The third kappa shape index (κ3) is 6.89. The number of nitrogens with zero attached hydrogens (tertiary/aromatic N) is 2. The number of thiophene rings is 1. The Labute approximate surface area is 268 Å². The Hall–Kier alpha value is -3.15. The van der Waals surface area contributed by atoms with E-state index in [-0.39, 0.29) is 31.2 Å². The van der Waals surface area contributed by atoms with Crippen LogP contribution < -0.4 is 19.1 Å². The number of amides is 1. The molecule has 1 saturated heterocycles. The minimum absolute atomic E-state index is 0.0126. The molecule has 234 valence electrons.